The second-order valence-electron chi connectivity index (χ2n) is 5.28. The summed E-state index contributed by atoms with van der Waals surface area (Å²) >= 11 is 9.39. The van der Waals surface area contributed by atoms with Crippen LogP contribution < -0.4 is 10.9 Å². The van der Waals surface area contributed by atoms with Crippen LogP contribution in [0.25, 0.3) is 10.9 Å². The molecule has 7 heteroatoms. The lowest BCUT2D eigenvalue weighted by Gasteiger charge is -2.14. The number of anilines is 1. The highest BCUT2D eigenvalue weighted by atomic mass is 79.9. The van der Waals surface area contributed by atoms with E-state index in [2.05, 4.69) is 36.2 Å². The van der Waals surface area contributed by atoms with Crippen LogP contribution in [0.5, 0.6) is 0 Å². The zero-order valence-electron chi connectivity index (χ0n) is 12.5. The van der Waals surface area contributed by atoms with Crippen LogP contribution in [0.2, 0.25) is 5.02 Å². The van der Waals surface area contributed by atoms with Gasteiger partial charge in [-0.25, -0.2) is 9.97 Å². The van der Waals surface area contributed by atoms with Gasteiger partial charge in [0.1, 0.15) is 0 Å². The van der Waals surface area contributed by atoms with Crippen LogP contribution in [0.15, 0.2) is 39.7 Å². The molecule has 0 spiro atoms. The molecule has 2 aromatic heterocycles. The Balaban J connectivity index is 1.96. The van der Waals surface area contributed by atoms with Crippen molar-refractivity contribution in [1.29, 1.82) is 0 Å². The Hall–Kier alpha value is -1.92. The number of rotatable bonds is 3. The van der Waals surface area contributed by atoms with Gasteiger partial charge in [0.2, 0.25) is 5.95 Å². The molecule has 0 aliphatic heterocycles. The van der Waals surface area contributed by atoms with Gasteiger partial charge in [-0.05, 0) is 54.0 Å². The highest BCUT2D eigenvalue weighted by Gasteiger charge is 2.13. The van der Waals surface area contributed by atoms with E-state index in [1.54, 1.807) is 18.3 Å². The molecule has 0 bridgehead atoms. The summed E-state index contributed by atoms with van der Waals surface area (Å²) in [7, 11) is 0. The van der Waals surface area contributed by atoms with E-state index in [1.807, 2.05) is 26.0 Å². The molecule has 0 fully saturated rings. The number of fused-ring (bicyclic) bond motifs is 1. The van der Waals surface area contributed by atoms with Gasteiger partial charge in [-0.15, -0.1) is 0 Å². The van der Waals surface area contributed by atoms with Crippen molar-refractivity contribution in [3.05, 3.63) is 61.6 Å². The molecule has 118 valence electrons. The average Bonchev–Trinajstić information content (AvgIpc) is 2.50. The Morgan fingerprint density at radius 1 is 1.35 bits per heavy atom. The molecule has 1 aromatic carbocycles. The molecule has 0 radical (unpaired) electrons. The van der Waals surface area contributed by atoms with Crippen LogP contribution in [0.3, 0.4) is 0 Å². The van der Waals surface area contributed by atoms with Crippen molar-refractivity contribution < 1.29 is 0 Å². The zero-order chi connectivity index (χ0) is 16.6. The Kier molecular flexibility index (Phi) is 4.37. The van der Waals surface area contributed by atoms with Crippen LogP contribution in [-0.4, -0.2) is 15.0 Å². The maximum absolute atomic E-state index is 12.3. The van der Waals surface area contributed by atoms with Gasteiger partial charge < -0.3 is 10.3 Å². The molecule has 2 N–H and O–H groups in total. The first-order chi connectivity index (χ1) is 10.9. The minimum atomic E-state index is -0.247. The lowest BCUT2D eigenvalue weighted by atomic mass is 10.1. The third-order valence-corrected chi connectivity index (χ3v) is 4.58. The highest BCUT2D eigenvalue weighted by molar-refractivity contribution is 9.10. The Morgan fingerprint density at radius 3 is 2.87 bits per heavy atom. The van der Waals surface area contributed by atoms with Gasteiger partial charge in [0, 0.05) is 27.7 Å². The van der Waals surface area contributed by atoms with Crippen LogP contribution >= 0.6 is 27.5 Å². The predicted molar refractivity (Wildman–Crippen MR) is 96.1 cm³/mol. The molecule has 23 heavy (non-hydrogen) atoms. The molecular formula is C16H14BrClN4O. The lowest BCUT2D eigenvalue weighted by molar-refractivity contribution is 0.841. The molecule has 0 aliphatic carbocycles. The number of benzene rings is 1. The molecule has 3 rings (SSSR count). The van der Waals surface area contributed by atoms with E-state index < -0.39 is 0 Å². The van der Waals surface area contributed by atoms with Gasteiger partial charge >= 0.3 is 0 Å². The molecule has 0 saturated carbocycles. The number of aromatic nitrogens is 3. The zero-order valence-corrected chi connectivity index (χ0v) is 14.9. The monoisotopic (exact) mass is 392 g/mol. The van der Waals surface area contributed by atoms with E-state index >= 15 is 0 Å². The summed E-state index contributed by atoms with van der Waals surface area (Å²) in [6.07, 6.45) is 1.68. The first kappa shape index (κ1) is 16.0. The van der Waals surface area contributed by atoms with E-state index in [4.69, 9.17) is 11.6 Å². The SMILES string of the molecule is Cc1nc(NC(C)c2cc3cc(Cl)ccc3[nH]c2=O)ncc1Br. The van der Waals surface area contributed by atoms with Crippen molar-refractivity contribution in [2.24, 2.45) is 0 Å². The Bertz CT molecular complexity index is 941. The number of pyridine rings is 1. The summed E-state index contributed by atoms with van der Waals surface area (Å²) < 4.78 is 0.842. The molecule has 3 aromatic rings. The van der Waals surface area contributed by atoms with Crippen molar-refractivity contribution in [3.8, 4) is 0 Å². The standard InChI is InChI=1S/C16H14BrClN4O/c1-8(20-16-19-7-13(17)9(2)21-16)12-6-10-5-11(18)3-4-14(10)22-15(12)23/h3-8H,1-2H3,(H,22,23)(H,19,20,21). The number of nitrogens with one attached hydrogen (secondary N) is 2. The summed E-state index contributed by atoms with van der Waals surface area (Å²) in [6.45, 7) is 3.77. The number of halogens is 2. The smallest absolute Gasteiger partial charge is 0.253 e. The van der Waals surface area contributed by atoms with Gasteiger partial charge in [-0.3, -0.25) is 4.79 Å². The van der Waals surface area contributed by atoms with Crippen LogP contribution in [-0.2, 0) is 0 Å². The minimum absolute atomic E-state index is 0.145. The summed E-state index contributed by atoms with van der Waals surface area (Å²) in [5.41, 5.74) is 2.04. The van der Waals surface area contributed by atoms with Gasteiger partial charge in [0.15, 0.2) is 0 Å². The summed E-state index contributed by atoms with van der Waals surface area (Å²) in [4.78, 5) is 23.7. The number of aryl methyl sites for hydroxylation is 1. The van der Waals surface area contributed by atoms with Gasteiger partial charge in [-0.2, -0.15) is 0 Å². The number of nitrogens with zero attached hydrogens (tertiary/aromatic N) is 2. The van der Waals surface area contributed by atoms with Crippen molar-refractivity contribution in [2.45, 2.75) is 19.9 Å². The van der Waals surface area contributed by atoms with Gasteiger partial charge in [-0.1, -0.05) is 11.6 Å². The Morgan fingerprint density at radius 2 is 2.13 bits per heavy atom. The molecule has 0 aliphatic rings. The summed E-state index contributed by atoms with van der Waals surface area (Å²) in [5.74, 6) is 0.476. The normalized spacial score (nSPS) is 12.3. The van der Waals surface area contributed by atoms with Gasteiger partial charge in [0.05, 0.1) is 16.2 Å². The number of H-pyrrole nitrogens is 1. The molecule has 2 heterocycles. The van der Waals surface area contributed by atoms with Crippen molar-refractivity contribution in [1.82, 2.24) is 15.0 Å². The second kappa shape index (κ2) is 6.29. The number of aromatic amines is 1. The van der Waals surface area contributed by atoms with Crippen molar-refractivity contribution >= 4 is 44.4 Å². The summed E-state index contributed by atoms with van der Waals surface area (Å²) in [5, 5.41) is 4.66. The molecule has 0 saturated heterocycles. The van der Waals surface area contributed by atoms with E-state index in [-0.39, 0.29) is 11.6 Å². The quantitative estimate of drug-likeness (QED) is 0.699. The van der Waals surface area contributed by atoms with E-state index in [0.29, 0.717) is 16.5 Å². The first-order valence-corrected chi connectivity index (χ1v) is 8.19. The molecule has 5 nitrogen and oxygen atoms in total. The first-order valence-electron chi connectivity index (χ1n) is 7.02. The maximum Gasteiger partial charge on any atom is 0.253 e. The van der Waals surface area contributed by atoms with E-state index in [0.717, 1.165) is 21.1 Å². The van der Waals surface area contributed by atoms with Gasteiger partial charge in [0.25, 0.3) is 5.56 Å². The third kappa shape index (κ3) is 3.38. The third-order valence-electron chi connectivity index (χ3n) is 3.57. The Labute approximate surface area is 146 Å². The topological polar surface area (TPSA) is 70.7 Å². The van der Waals surface area contributed by atoms with Crippen molar-refractivity contribution in [2.75, 3.05) is 5.32 Å². The average molecular weight is 394 g/mol. The van der Waals surface area contributed by atoms with Crippen LogP contribution in [0.1, 0.15) is 24.2 Å². The van der Waals surface area contributed by atoms with E-state index in [9.17, 15) is 4.79 Å². The fraction of sp³-hybridized carbons (Fsp3) is 0.188. The summed E-state index contributed by atoms with van der Waals surface area (Å²) in [6, 6.07) is 6.96. The fourth-order valence-electron chi connectivity index (χ4n) is 2.31. The highest BCUT2D eigenvalue weighted by Crippen LogP contribution is 2.21. The maximum atomic E-state index is 12.3. The van der Waals surface area contributed by atoms with Crippen molar-refractivity contribution in [3.63, 3.8) is 0 Å². The molecule has 1 atom stereocenters. The number of hydrogen-bond acceptors (Lipinski definition) is 4. The second-order valence-corrected chi connectivity index (χ2v) is 6.57. The lowest BCUT2D eigenvalue weighted by Crippen LogP contribution is -2.20. The van der Waals surface area contributed by atoms with Crippen LogP contribution in [0.4, 0.5) is 5.95 Å². The molecule has 1 unspecified atom stereocenters. The predicted octanol–water partition coefficient (Wildman–Crippen LogP) is 4.22. The van der Waals surface area contributed by atoms with Crippen LogP contribution in [0, 0.1) is 6.92 Å². The molecule has 0 amide bonds. The van der Waals surface area contributed by atoms with E-state index in [1.165, 1.54) is 0 Å². The largest absolute Gasteiger partial charge is 0.347 e. The fourth-order valence-corrected chi connectivity index (χ4v) is 2.68. The number of hydrogen-bond donors (Lipinski definition) is 2. The molecular weight excluding hydrogens is 380 g/mol. The minimum Gasteiger partial charge on any atom is -0.347 e.